The second kappa shape index (κ2) is 6.39. The number of aromatic nitrogens is 2. The molecule has 0 amide bonds. The van der Waals surface area contributed by atoms with Crippen LogP contribution in [-0.2, 0) is 6.67 Å². The normalized spacial score (nSPS) is 17.2. The van der Waals surface area contributed by atoms with Gasteiger partial charge in [0.15, 0.2) is 0 Å². The van der Waals surface area contributed by atoms with Gasteiger partial charge in [-0.15, -0.1) is 5.10 Å². The van der Waals surface area contributed by atoms with Crippen LogP contribution in [0.4, 0.5) is 0 Å². The number of hydrogen-bond donors (Lipinski definition) is 1. The molecule has 1 aliphatic rings. The molecule has 7 heteroatoms. The number of hydrogen-bond acceptors (Lipinski definition) is 5. The number of likely N-dealkylation sites (tertiary alicyclic amines) is 1. The van der Waals surface area contributed by atoms with Crippen LogP contribution in [0.1, 0.15) is 12.8 Å². The Balaban J connectivity index is 1.75. The van der Waals surface area contributed by atoms with Gasteiger partial charge >= 0.3 is 0 Å². The average Bonchev–Trinajstić information content (AvgIpc) is 2.83. The zero-order valence-corrected chi connectivity index (χ0v) is 13.8. The Morgan fingerprint density at radius 2 is 1.95 bits per heavy atom. The molecule has 21 heavy (non-hydrogen) atoms. The summed E-state index contributed by atoms with van der Waals surface area (Å²) in [7, 11) is 0. The molecule has 1 aliphatic heterocycles. The zero-order chi connectivity index (χ0) is 14.8. The number of aliphatic hydroxyl groups excluding tert-OH is 1. The van der Waals surface area contributed by atoms with E-state index in [0.29, 0.717) is 17.4 Å². The van der Waals surface area contributed by atoms with Crippen molar-refractivity contribution in [3.63, 3.8) is 0 Å². The van der Waals surface area contributed by atoms with E-state index in [1.807, 2.05) is 24.3 Å². The van der Waals surface area contributed by atoms with Crippen LogP contribution in [0.25, 0.3) is 11.5 Å². The summed E-state index contributed by atoms with van der Waals surface area (Å²) >= 11 is 8.64. The minimum absolute atomic E-state index is 0.176. The molecule has 2 heterocycles. The van der Waals surface area contributed by atoms with Crippen molar-refractivity contribution in [2.45, 2.75) is 25.6 Å². The van der Waals surface area contributed by atoms with Crippen molar-refractivity contribution in [2.75, 3.05) is 13.1 Å². The number of benzene rings is 1. The second-order valence-electron chi connectivity index (χ2n) is 5.17. The number of aliphatic hydroxyl groups is 1. The minimum Gasteiger partial charge on any atom is -0.409 e. The summed E-state index contributed by atoms with van der Waals surface area (Å²) in [4.78, 5) is 2.59. The Bertz CT molecular complexity index is 660. The molecule has 0 spiro atoms. The van der Waals surface area contributed by atoms with Crippen LogP contribution in [0.5, 0.6) is 0 Å². The van der Waals surface area contributed by atoms with E-state index < -0.39 is 0 Å². The van der Waals surface area contributed by atoms with Crippen molar-refractivity contribution in [3.8, 4) is 11.5 Å². The second-order valence-corrected chi connectivity index (χ2v) is 6.44. The van der Waals surface area contributed by atoms with Gasteiger partial charge in [0.1, 0.15) is 0 Å². The first kappa shape index (κ1) is 14.9. The largest absolute Gasteiger partial charge is 0.409 e. The number of halogens is 1. The maximum atomic E-state index is 9.53. The van der Waals surface area contributed by atoms with E-state index in [9.17, 15) is 5.11 Å². The van der Waals surface area contributed by atoms with Gasteiger partial charge in [0.25, 0.3) is 4.84 Å². The maximum Gasteiger partial charge on any atom is 0.288 e. The van der Waals surface area contributed by atoms with Crippen LogP contribution in [0.2, 0.25) is 0 Å². The van der Waals surface area contributed by atoms with Gasteiger partial charge < -0.3 is 9.52 Å². The SMILES string of the molecule is OC1CCN(Cn2nc(-c3ccc(Br)cc3)oc2=S)CC1. The topological polar surface area (TPSA) is 54.4 Å². The molecule has 2 aromatic rings. The Kier molecular flexibility index (Phi) is 4.54. The van der Waals surface area contributed by atoms with Gasteiger partial charge in [-0.3, -0.25) is 4.90 Å². The first-order valence-electron chi connectivity index (χ1n) is 6.86. The first-order valence-corrected chi connectivity index (χ1v) is 8.06. The average molecular weight is 370 g/mol. The fourth-order valence-corrected chi connectivity index (χ4v) is 2.80. The van der Waals surface area contributed by atoms with Crippen LogP contribution >= 0.6 is 28.1 Å². The van der Waals surface area contributed by atoms with Gasteiger partial charge in [0.2, 0.25) is 5.89 Å². The lowest BCUT2D eigenvalue weighted by Crippen LogP contribution is -2.37. The molecular formula is C14H16BrN3O2S. The van der Waals surface area contributed by atoms with Crippen molar-refractivity contribution < 1.29 is 9.52 Å². The Hall–Kier alpha value is -1.02. The molecule has 1 saturated heterocycles. The summed E-state index contributed by atoms with van der Waals surface area (Å²) in [5, 5.41) is 14.0. The highest BCUT2D eigenvalue weighted by atomic mass is 79.9. The Labute approximate surface area is 136 Å². The fourth-order valence-electron chi connectivity index (χ4n) is 2.35. The third kappa shape index (κ3) is 3.60. The predicted octanol–water partition coefficient (Wildman–Crippen LogP) is 3.05. The summed E-state index contributed by atoms with van der Waals surface area (Å²) in [6.07, 6.45) is 1.42. The molecule has 112 valence electrons. The van der Waals surface area contributed by atoms with Gasteiger partial charge in [-0.05, 0) is 49.3 Å². The van der Waals surface area contributed by atoms with Crippen molar-refractivity contribution in [2.24, 2.45) is 0 Å². The predicted molar refractivity (Wildman–Crippen MR) is 85.3 cm³/mol. The molecule has 0 saturated carbocycles. The van der Waals surface area contributed by atoms with Crippen LogP contribution in [0.3, 0.4) is 0 Å². The first-order chi connectivity index (χ1) is 10.1. The molecule has 0 aliphatic carbocycles. The highest BCUT2D eigenvalue weighted by Gasteiger charge is 2.18. The van der Waals surface area contributed by atoms with E-state index in [0.717, 1.165) is 36.0 Å². The Morgan fingerprint density at radius 3 is 2.62 bits per heavy atom. The maximum absolute atomic E-state index is 9.53. The van der Waals surface area contributed by atoms with E-state index in [-0.39, 0.29) is 6.10 Å². The molecule has 1 N–H and O–H groups in total. The van der Waals surface area contributed by atoms with E-state index in [2.05, 4.69) is 25.9 Å². The summed E-state index contributed by atoms with van der Waals surface area (Å²) in [6.45, 7) is 2.30. The number of nitrogens with zero attached hydrogens (tertiary/aromatic N) is 3. The van der Waals surface area contributed by atoms with Crippen molar-refractivity contribution in [3.05, 3.63) is 33.6 Å². The highest BCUT2D eigenvalue weighted by molar-refractivity contribution is 9.10. The van der Waals surface area contributed by atoms with Crippen molar-refractivity contribution in [1.82, 2.24) is 14.7 Å². The third-order valence-corrected chi connectivity index (χ3v) is 4.41. The third-order valence-electron chi connectivity index (χ3n) is 3.59. The number of piperidine rings is 1. The smallest absolute Gasteiger partial charge is 0.288 e. The van der Waals surface area contributed by atoms with Crippen LogP contribution < -0.4 is 0 Å². The molecule has 5 nitrogen and oxygen atoms in total. The lowest BCUT2D eigenvalue weighted by Gasteiger charge is -2.28. The van der Waals surface area contributed by atoms with Gasteiger partial charge in [-0.2, -0.15) is 0 Å². The Morgan fingerprint density at radius 1 is 1.29 bits per heavy atom. The molecule has 0 atom stereocenters. The highest BCUT2D eigenvalue weighted by Crippen LogP contribution is 2.21. The van der Waals surface area contributed by atoms with Gasteiger partial charge in [-0.25, -0.2) is 4.68 Å². The summed E-state index contributed by atoms with van der Waals surface area (Å²) in [5.41, 5.74) is 0.900. The van der Waals surface area contributed by atoms with Crippen LogP contribution in [-0.4, -0.2) is 39.0 Å². The standard InChI is InChI=1S/C14H16BrN3O2S/c15-11-3-1-10(2-4-11)13-16-18(14(21)20-13)9-17-7-5-12(19)6-8-17/h1-4,12,19H,5-9H2. The fraction of sp³-hybridized carbons (Fsp3) is 0.429. The van der Waals surface area contributed by atoms with Gasteiger partial charge in [-0.1, -0.05) is 15.9 Å². The quantitative estimate of drug-likeness (QED) is 0.842. The summed E-state index contributed by atoms with van der Waals surface area (Å²) in [5.74, 6) is 0.532. The molecule has 1 aromatic heterocycles. The summed E-state index contributed by atoms with van der Waals surface area (Å²) < 4.78 is 8.29. The molecular weight excluding hydrogens is 354 g/mol. The molecule has 0 bridgehead atoms. The lowest BCUT2D eigenvalue weighted by molar-refractivity contribution is 0.0647. The molecule has 0 unspecified atom stereocenters. The van der Waals surface area contributed by atoms with Gasteiger partial charge in [0, 0.05) is 23.1 Å². The van der Waals surface area contributed by atoms with Crippen LogP contribution in [0.15, 0.2) is 33.2 Å². The number of rotatable bonds is 3. The van der Waals surface area contributed by atoms with Gasteiger partial charge in [0.05, 0.1) is 12.8 Å². The molecule has 3 rings (SSSR count). The summed E-state index contributed by atoms with van der Waals surface area (Å²) in [6, 6.07) is 7.76. The zero-order valence-electron chi connectivity index (χ0n) is 11.4. The van der Waals surface area contributed by atoms with Crippen LogP contribution in [0, 0.1) is 4.84 Å². The van der Waals surface area contributed by atoms with Crippen molar-refractivity contribution >= 4 is 28.1 Å². The van der Waals surface area contributed by atoms with Crippen molar-refractivity contribution in [1.29, 1.82) is 0 Å². The minimum atomic E-state index is -0.176. The van der Waals surface area contributed by atoms with E-state index in [1.165, 1.54) is 0 Å². The van der Waals surface area contributed by atoms with E-state index in [4.69, 9.17) is 16.6 Å². The monoisotopic (exact) mass is 369 g/mol. The molecule has 0 radical (unpaired) electrons. The molecule has 1 aromatic carbocycles. The van der Waals surface area contributed by atoms with E-state index >= 15 is 0 Å². The lowest BCUT2D eigenvalue weighted by atomic mass is 10.1. The molecule has 1 fully saturated rings. The van der Waals surface area contributed by atoms with E-state index in [1.54, 1.807) is 4.68 Å².